The van der Waals surface area contributed by atoms with Gasteiger partial charge in [0.05, 0.1) is 12.7 Å². The largest absolute Gasteiger partial charge is 0.409 e. The number of ether oxygens (including phenoxy) is 1. The van der Waals surface area contributed by atoms with Crippen LogP contribution < -0.4 is 5.73 Å². The predicted molar refractivity (Wildman–Crippen MR) is 69.6 cm³/mol. The molecule has 1 fully saturated rings. The first kappa shape index (κ1) is 13.8. The second-order valence-electron chi connectivity index (χ2n) is 4.70. The van der Waals surface area contributed by atoms with Gasteiger partial charge in [-0.2, -0.15) is 0 Å². The van der Waals surface area contributed by atoms with Crippen LogP contribution in [0.1, 0.15) is 18.1 Å². The lowest BCUT2D eigenvalue weighted by Gasteiger charge is -2.31. The van der Waals surface area contributed by atoms with E-state index in [1.807, 2.05) is 6.92 Å². The van der Waals surface area contributed by atoms with Crippen LogP contribution in [-0.2, 0) is 11.3 Å². The molecule has 0 radical (unpaired) electrons. The van der Waals surface area contributed by atoms with Crippen molar-refractivity contribution in [1.82, 2.24) is 4.90 Å². The molecule has 0 bridgehead atoms. The fourth-order valence-corrected chi connectivity index (χ4v) is 2.25. The highest BCUT2D eigenvalue weighted by atomic mass is 19.1. The maximum Gasteiger partial charge on any atom is 0.170 e. The zero-order valence-electron chi connectivity index (χ0n) is 10.8. The quantitative estimate of drug-likeness (QED) is 0.373. The van der Waals surface area contributed by atoms with E-state index in [0.717, 1.165) is 18.7 Å². The number of amidine groups is 1. The number of rotatable bonds is 3. The molecule has 104 valence electrons. The van der Waals surface area contributed by atoms with Gasteiger partial charge in [-0.15, -0.1) is 0 Å². The highest BCUT2D eigenvalue weighted by molar-refractivity contribution is 5.98. The summed E-state index contributed by atoms with van der Waals surface area (Å²) in [7, 11) is 0. The van der Waals surface area contributed by atoms with Gasteiger partial charge in [0.25, 0.3) is 0 Å². The van der Waals surface area contributed by atoms with Crippen LogP contribution in [0.3, 0.4) is 0 Å². The van der Waals surface area contributed by atoms with Gasteiger partial charge >= 0.3 is 0 Å². The number of hydrogen-bond acceptors (Lipinski definition) is 4. The van der Waals surface area contributed by atoms with Crippen molar-refractivity contribution in [3.63, 3.8) is 0 Å². The van der Waals surface area contributed by atoms with E-state index < -0.39 is 5.82 Å². The van der Waals surface area contributed by atoms with Gasteiger partial charge in [-0.3, -0.25) is 4.90 Å². The predicted octanol–water partition coefficient (Wildman–Crippen LogP) is 1.14. The maximum atomic E-state index is 13.3. The van der Waals surface area contributed by atoms with Crippen LogP contribution in [0, 0.1) is 5.82 Å². The Labute approximate surface area is 111 Å². The minimum absolute atomic E-state index is 0.0733. The molecular weight excluding hydrogens is 249 g/mol. The lowest BCUT2D eigenvalue weighted by Crippen LogP contribution is -2.40. The molecule has 3 N–H and O–H groups in total. The van der Waals surface area contributed by atoms with Crippen LogP contribution in [-0.4, -0.2) is 41.7 Å². The Bertz CT molecular complexity index is 479. The van der Waals surface area contributed by atoms with E-state index in [9.17, 15) is 4.39 Å². The van der Waals surface area contributed by atoms with Gasteiger partial charge in [-0.25, -0.2) is 4.39 Å². The first-order valence-corrected chi connectivity index (χ1v) is 6.20. The number of nitrogens with zero attached hydrogens (tertiary/aromatic N) is 2. The first-order chi connectivity index (χ1) is 9.10. The van der Waals surface area contributed by atoms with Crippen molar-refractivity contribution in [3.05, 3.63) is 35.1 Å². The van der Waals surface area contributed by atoms with Crippen LogP contribution in [0.25, 0.3) is 0 Å². The first-order valence-electron chi connectivity index (χ1n) is 6.20. The maximum absolute atomic E-state index is 13.3. The Morgan fingerprint density at radius 2 is 2.42 bits per heavy atom. The minimum Gasteiger partial charge on any atom is -0.409 e. The molecule has 0 aliphatic carbocycles. The molecule has 0 amide bonds. The third-order valence-corrected chi connectivity index (χ3v) is 3.17. The molecular formula is C13H18FN3O2. The summed E-state index contributed by atoms with van der Waals surface area (Å²) in [5.41, 5.74) is 6.86. The van der Waals surface area contributed by atoms with Crippen molar-refractivity contribution in [2.45, 2.75) is 19.6 Å². The summed E-state index contributed by atoms with van der Waals surface area (Å²) in [6.07, 6.45) is 0.182. The van der Waals surface area contributed by atoms with Crippen LogP contribution in [0.4, 0.5) is 4.39 Å². The van der Waals surface area contributed by atoms with Gasteiger partial charge in [-0.1, -0.05) is 11.2 Å². The van der Waals surface area contributed by atoms with Gasteiger partial charge in [0.15, 0.2) is 5.84 Å². The molecule has 1 aromatic rings. The molecule has 0 spiro atoms. The topological polar surface area (TPSA) is 71.1 Å². The highest BCUT2D eigenvalue weighted by Crippen LogP contribution is 2.16. The highest BCUT2D eigenvalue weighted by Gasteiger charge is 2.18. The fraction of sp³-hybridized carbons (Fsp3) is 0.462. The fourth-order valence-electron chi connectivity index (χ4n) is 2.25. The van der Waals surface area contributed by atoms with Crippen LogP contribution in [0.2, 0.25) is 0 Å². The average molecular weight is 267 g/mol. The van der Waals surface area contributed by atoms with E-state index in [4.69, 9.17) is 15.7 Å². The van der Waals surface area contributed by atoms with Crippen molar-refractivity contribution >= 4 is 5.84 Å². The number of nitrogens with two attached hydrogens (primary N) is 1. The Morgan fingerprint density at radius 3 is 3.11 bits per heavy atom. The lowest BCUT2D eigenvalue weighted by molar-refractivity contribution is -0.0212. The van der Waals surface area contributed by atoms with Crippen molar-refractivity contribution in [3.8, 4) is 0 Å². The zero-order valence-corrected chi connectivity index (χ0v) is 10.8. The Morgan fingerprint density at radius 1 is 1.63 bits per heavy atom. The molecule has 1 aliphatic heterocycles. The van der Waals surface area contributed by atoms with Gasteiger partial charge in [0.2, 0.25) is 0 Å². The third-order valence-electron chi connectivity index (χ3n) is 3.17. The average Bonchev–Trinajstić information content (AvgIpc) is 2.40. The number of morpholine rings is 1. The molecule has 2 rings (SSSR count). The molecule has 1 atom stereocenters. The molecule has 1 aromatic carbocycles. The van der Waals surface area contributed by atoms with Gasteiger partial charge < -0.3 is 15.7 Å². The number of hydrogen-bond donors (Lipinski definition) is 2. The number of oxime groups is 1. The van der Waals surface area contributed by atoms with E-state index in [-0.39, 0.29) is 11.9 Å². The van der Waals surface area contributed by atoms with E-state index in [2.05, 4.69) is 10.1 Å². The van der Waals surface area contributed by atoms with Crippen molar-refractivity contribution in [2.75, 3.05) is 19.7 Å². The smallest absolute Gasteiger partial charge is 0.170 e. The molecule has 0 saturated carbocycles. The van der Waals surface area contributed by atoms with E-state index in [1.54, 1.807) is 6.07 Å². The Kier molecular flexibility index (Phi) is 4.34. The molecule has 19 heavy (non-hydrogen) atoms. The van der Waals surface area contributed by atoms with Gasteiger partial charge in [0.1, 0.15) is 5.82 Å². The second kappa shape index (κ2) is 5.99. The molecule has 1 aliphatic rings. The Balaban J connectivity index is 2.19. The van der Waals surface area contributed by atoms with Gasteiger partial charge in [-0.05, 0) is 24.6 Å². The van der Waals surface area contributed by atoms with E-state index in [0.29, 0.717) is 18.7 Å². The third kappa shape index (κ3) is 3.42. The summed E-state index contributed by atoms with van der Waals surface area (Å²) in [5, 5.41) is 11.7. The van der Waals surface area contributed by atoms with E-state index >= 15 is 0 Å². The van der Waals surface area contributed by atoms with Crippen molar-refractivity contribution < 1.29 is 14.3 Å². The SMILES string of the molecule is CC1CN(Cc2ccc(F)cc2/C(N)=N/O)CCO1. The lowest BCUT2D eigenvalue weighted by atomic mass is 10.1. The van der Waals surface area contributed by atoms with Crippen molar-refractivity contribution in [1.29, 1.82) is 0 Å². The molecule has 5 nitrogen and oxygen atoms in total. The Hall–Kier alpha value is -1.66. The molecule has 1 heterocycles. The summed E-state index contributed by atoms with van der Waals surface area (Å²) in [5.74, 6) is -0.475. The minimum atomic E-state index is -0.402. The summed E-state index contributed by atoms with van der Waals surface area (Å²) >= 11 is 0. The van der Waals surface area contributed by atoms with Crippen molar-refractivity contribution in [2.24, 2.45) is 10.9 Å². The molecule has 1 unspecified atom stereocenters. The molecule has 1 saturated heterocycles. The summed E-state index contributed by atoms with van der Waals surface area (Å²) in [6, 6.07) is 4.34. The summed E-state index contributed by atoms with van der Waals surface area (Å²) in [4.78, 5) is 2.20. The van der Waals surface area contributed by atoms with Crippen LogP contribution in [0.5, 0.6) is 0 Å². The molecule has 0 aromatic heterocycles. The standard InChI is InChI=1S/C13H18FN3O2/c1-9-7-17(4-5-19-9)8-10-2-3-11(14)6-12(10)13(15)16-18/h2-3,6,9,18H,4-5,7-8H2,1H3,(H2,15,16). The van der Waals surface area contributed by atoms with Crippen LogP contribution in [0.15, 0.2) is 23.4 Å². The number of benzene rings is 1. The summed E-state index contributed by atoms with van der Waals surface area (Å²) < 4.78 is 18.7. The summed E-state index contributed by atoms with van der Waals surface area (Å²) in [6.45, 7) is 4.95. The number of halogens is 1. The normalized spacial score (nSPS) is 21.6. The second-order valence-corrected chi connectivity index (χ2v) is 4.70. The van der Waals surface area contributed by atoms with Gasteiger partial charge in [0, 0.05) is 25.2 Å². The molecule has 6 heteroatoms. The zero-order chi connectivity index (χ0) is 13.8. The van der Waals surface area contributed by atoms with Crippen LogP contribution >= 0.6 is 0 Å². The monoisotopic (exact) mass is 267 g/mol. The van der Waals surface area contributed by atoms with E-state index in [1.165, 1.54) is 12.1 Å².